The highest BCUT2D eigenvalue weighted by molar-refractivity contribution is 5.99. The summed E-state index contributed by atoms with van der Waals surface area (Å²) in [5, 5.41) is 1.03. The molecule has 0 aliphatic rings. The highest BCUT2D eigenvalue weighted by Gasteiger charge is 2.30. The second-order valence-electron chi connectivity index (χ2n) is 10.8. The molecular formula is C33H36F3N3O4. The third-order valence-electron chi connectivity index (χ3n) is 7.17. The van der Waals surface area contributed by atoms with Crippen molar-refractivity contribution in [3.05, 3.63) is 95.2 Å². The van der Waals surface area contributed by atoms with Crippen LogP contribution in [0, 0.1) is 5.92 Å². The molecule has 0 bridgehead atoms. The van der Waals surface area contributed by atoms with Crippen LogP contribution in [-0.4, -0.2) is 60.5 Å². The van der Waals surface area contributed by atoms with Crippen molar-refractivity contribution in [1.82, 2.24) is 14.8 Å². The van der Waals surface area contributed by atoms with Gasteiger partial charge in [-0.3, -0.25) is 9.59 Å². The molecule has 0 saturated heterocycles. The molecule has 0 atom stereocenters. The zero-order chi connectivity index (χ0) is 31.1. The molecule has 1 aromatic heterocycles. The number of benzene rings is 3. The number of hydrogen-bond donors (Lipinski definition) is 1. The number of alkyl halides is 3. The maximum Gasteiger partial charge on any atom is 0.416 e. The minimum atomic E-state index is -4.45. The highest BCUT2D eigenvalue weighted by Crippen LogP contribution is 2.30. The van der Waals surface area contributed by atoms with Gasteiger partial charge in [0.2, 0.25) is 5.91 Å². The van der Waals surface area contributed by atoms with Gasteiger partial charge in [0.1, 0.15) is 18.0 Å². The Bertz CT molecular complexity index is 1550. The van der Waals surface area contributed by atoms with E-state index in [1.807, 2.05) is 44.3 Å². The number of carbonyl (C=O) groups is 2. The quantitative estimate of drug-likeness (QED) is 0.201. The maximum atomic E-state index is 13.9. The van der Waals surface area contributed by atoms with E-state index in [0.29, 0.717) is 42.1 Å². The number of para-hydroxylation sites is 1. The van der Waals surface area contributed by atoms with Crippen molar-refractivity contribution in [3.8, 4) is 11.5 Å². The fourth-order valence-corrected chi connectivity index (χ4v) is 4.97. The van der Waals surface area contributed by atoms with E-state index in [2.05, 4.69) is 4.98 Å². The predicted molar refractivity (Wildman–Crippen MR) is 159 cm³/mol. The lowest BCUT2D eigenvalue weighted by Crippen LogP contribution is -2.44. The third kappa shape index (κ3) is 7.88. The lowest BCUT2D eigenvalue weighted by molar-refractivity contribution is -0.137. The van der Waals surface area contributed by atoms with Gasteiger partial charge in [0.05, 0.1) is 25.3 Å². The number of halogens is 3. The van der Waals surface area contributed by atoms with E-state index in [1.54, 1.807) is 23.1 Å². The number of carbonyl (C=O) groups excluding carboxylic acids is 2. The van der Waals surface area contributed by atoms with Gasteiger partial charge in [-0.2, -0.15) is 13.2 Å². The van der Waals surface area contributed by atoms with Gasteiger partial charge in [0, 0.05) is 42.8 Å². The zero-order valence-corrected chi connectivity index (χ0v) is 24.7. The second kappa shape index (κ2) is 13.7. The number of aromatic amines is 1. The zero-order valence-electron chi connectivity index (χ0n) is 24.7. The Balaban J connectivity index is 1.60. The van der Waals surface area contributed by atoms with Crippen LogP contribution in [0.2, 0.25) is 0 Å². The fourth-order valence-electron chi connectivity index (χ4n) is 4.97. The van der Waals surface area contributed by atoms with E-state index >= 15 is 0 Å². The minimum absolute atomic E-state index is 0.0653. The molecule has 43 heavy (non-hydrogen) atoms. The largest absolute Gasteiger partial charge is 0.497 e. The summed E-state index contributed by atoms with van der Waals surface area (Å²) in [6.07, 6.45) is -2.04. The highest BCUT2D eigenvalue weighted by atomic mass is 19.4. The fraction of sp³-hybridized carbons (Fsp3) is 0.333. The smallest absolute Gasteiger partial charge is 0.416 e. The van der Waals surface area contributed by atoms with Gasteiger partial charge in [-0.05, 0) is 53.8 Å². The number of amides is 2. The minimum Gasteiger partial charge on any atom is -0.497 e. The number of aromatic nitrogens is 1. The predicted octanol–water partition coefficient (Wildman–Crippen LogP) is 6.57. The van der Waals surface area contributed by atoms with Crippen LogP contribution in [0.4, 0.5) is 13.2 Å². The Morgan fingerprint density at radius 1 is 0.930 bits per heavy atom. The SMILES string of the molecule is COc1ccc(C(=O)N(CC(=O)N(CCc2c[nH]c3ccccc23)Cc2ccc(C(F)(F)F)cc2)CC(C)C)c(OC)c1. The number of H-pyrrole nitrogens is 1. The van der Waals surface area contributed by atoms with Gasteiger partial charge in [0.15, 0.2) is 0 Å². The third-order valence-corrected chi connectivity index (χ3v) is 7.17. The molecule has 1 heterocycles. The molecule has 0 saturated carbocycles. The molecule has 7 nitrogen and oxygen atoms in total. The van der Waals surface area contributed by atoms with Crippen molar-refractivity contribution in [2.45, 2.75) is 33.0 Å². The summed E-state index contributed by atoms with van der Waals surface area (Å²) < 4.78 is 50.2. The number of hydrogen-bond acceptors (Lipinski definition) is 4. The summed E-state index contributed by atoms with van der Waals surface area (Å²) >= 11 is 0. The number of nitrogens with zero attached hydrogens (tertiary/aromatic N) is 2. The van der Waals surface area contributed by atoms with Crippen molar-refractivity contribution in [3.63, 3.8) is 0 Å². The lowest BCUT2D eigenvalue weighted by Gasteiger charge is -2.29. The molecule has 0 radical (unpaired) electrons. The summed E-state index contributed by atoms with van der Waals surface area (Å²) in [5.41, 5.74) is 2.08. The van der Waals surface area contributed by atoms with Gasteiger partial charge >= 0.3 is 6.18 Å². The van der Waals surface area contributed by atoms with Crippen LogP contribution in [0.25, 0.3) is 10.9 Å². The standard InChI is InChI=1S/C33H36F3N3O4/c1-22(2)19-39(32(41)28-14-13-26(42-3)17-30(28)43-4)21-31(40)38(20-23-9-11-25(12-10-23)33(34,35)36)16-15-24-18-37-29-8-6-5-7-27(24)29/h5-14,17-18,22,37H,15-16,19-21H2,1-4H3. The van der Waals surface area contributed by atoms with Crippen LogP contribution in [0.5, 0.6) is 11.5 Å². The molecule has 4 rings (SSSR count). The lowest BCUT2D eigenvalue weighted by atomic mass is 10.1. The topological polar surface area (TPSA) is 74.9 Å². The summed E-state index contributed by atoms with van der Waals surface area (Å²) in [4.78, 5) is 33.9. The van der Waals surface area contributed by atoms with Gasteiger partial charge in [-0.1, -0.05) is 44.2 Å². The van der Waals surface area contributed by atoms with E-state index in [-0.39, 0.29) is 30.8 Å². The molecule has 0 unspecified atom stereocenters. The number of fused-ring (bicyclic) bond motifs is 1. The Labute approximate surface area is 249 Å². The first kappa shape index (κ1) is 31.5. The van der Waals surface area contributed by atoms with E-state index in [9.17, 15) is 22.8 Å². The van der Waals surface area contributed by atoms with Crippen molar-refractivity contribution in [2.24, 2.45) is 5.92 Å². The van der Waals surface area contributed by atoms with Crippen LogP contribution in [0.1, 0.15) is 40.9 Å². The average Bonchev–Trinajstić information content (AvgIpc) is 3.40. The maximum absolute atomic E-state index is 13.9. The van der Waals surface area contributed by atoms with Crippen LogP contribution >= 0.6 is 0 Å². The Hall–Kier alpha value is -4.47. The Kier molecular flexibility index (Phi) is 10.0. The first-order valence-corrected chi connectivity index (χ1v) is 14.0. The average molecular weight is 596 g/mol. The van der Waals surface area contributed by atoms with Crippen LogP contribution in [0.3, 0.4) is 0 Å². The van der Waals surface area contributed by atoms with Gasteiger partial charge in [-0.25, -0.2) is 0 Å². The summed E-state index contributed by atoms with van der Waals surface area (Å²) in [7, 11) is 2.97. The number of ether oxygens (including phenoxy) is 2. The van der Waals surface area contributed by atoms with Crippen LogP contribution in [-0.2, 0) is 23.9 Å². The van der Waals surface area contributed by atoms with E-state index in [1.165, 1.54) is 31.3 Å². The van der Waals surface area contributed by atoms with E-state index in [0.717, 1.165) is 28.6 Å². The van der Waals surface area contributed by atoms with Crippen molar-refractivity contribution >= 4 is 22.7 Å². The normalized spacial score (nSPS) is 11.5. The molecule has 10 heteroatoms. The first-order valence-electron chi connectivity index (χ1n) is 14.0. The molecular weight excluding hydrogens is 559 g/mol. The van der Waals surface area contributed by atoms with Gasteiger partial charge in [-0.15, -0.1) is 0 Å². The molecule has 0 fully saturated rings. The molecule has 0 aliphatic heterocycles. The van der Waals surface area contributed by atoms with Gasteiger partial charge < -0.3 is 24.3 Å². The molecule has 2 amide bonds. The van der Waals surface area contributed by atoms with E-state index < -0.39 is 11.7 Å². The van der Waals surface area contributed by atoms with Crippen molar-refractivity contribution in [2.75, 3.05) is 33.9 Å². The number of methoxy groups -OCH3 is 2. The van der Waals surface area contributed by atoms with Crippen molar-refractivity contribution in [1.29, 1.82) is 0 Å². The second-order valence-corrected chi connectivity index (χ2v) is 10.8. The molecule has 0 aliphatic carbocycles. The molecule has 4 aromatic rings. The number of nitrogens with one attached hydrogen (secondary N) is 1. The molecule has 3 aromatic carbocycles. The van der Waals surface area contributed by atoms with E-state index in [4.69, 9.17) is 9.47 Å². The molecule has 1 N–H and O–H groups in total. The summed E-state index contributed by atoms with van der Waals surface area (Å²) in [6.45, 7) is 4.41. The van der Waals surface area contributed by atoms with Crippen LogP contribution in [0.15, 0.2) is 72.9 Å². The van der Waals surface area contributed by atoms with Crippen molar-refractivity contribution < 1.29 is 32.2 Å². The Morgan fingerprint density at radius 3 is 2.30 bits per heavy atom. The summed E-state index contributed by atoms with van der Waals surface area (Å²) in [6, 6.07) is 17.5. The first-order chi connectivity index (χ1) is 20.5. The van der Waals surface area contributed by atoms with Crippen LogP contribution < -0.4 is 9.47 Å². The van der Waals surface area contributed by atoms with Gasteiger partial charge in [0.25, 0.3) is 5.91 Å². The molecule has 0 spiro atoms. The summed E-state index contributed by atoms with van der Waals surface area (Å²) in [5.74, 6) is 0.232. The molecule has 228 valence electrons. The Morgan fingerprint density at radius 2 is 1.65 bits per heavy atom. The monoisotopic (exact) mass is 595 g/mol. The number of rotatable bonds is 12.